The lowest BCUT2D eigenvalue weighted by molar-refractivity contribution is -0.384. The van der Waals surface area contributed by atoms with E-state index in [1.807, 2.05) is 30.3 Å². The number of nitrogens with zero attached hydrogens (tertiary/aromatic N) is 2. The van der Waals surface area contributed by atoms with Gasteiger partial charge in [-0.2, -0.15) is 5.10 Å². The van der Waals surface area contributed by atoms with Gasteiger partial charge in [-0.1, -0.05) is 42.5 Å². The molecule has 8 nitrogen and oxygen atoms in total. The quantitative estimate of drug-likeness (QED) is 0.497. The van der Waals surface area contributed by atoms with Gasteiger partial charge in [-0.25, -0.2) is 5.43 Å². The van der Waals surface area contributed by atoms with E-state index in [1.165, 1.54) is 12.1 Å². The Kier molecular flexibility index (Phi) is 4.59. The van der Waals surface area contributed by atoms with Crippen LogP contribution in [0.4, 0.5) is 11.4 Å². The summed E-state index contributed by atoms with van der Waals surface area (Å²) in [6.45, 7) is 0. The van der Waals surface area contributed by atoms with E-state index in [2.05, 4.69) is 15.8 Å². The second-order valence-corrected chi connectivity index (χ2v) is 7.37. The third-order valence-electron chi connectivity index (χ3n) is 5.46. The average Bonchev–Trinajstić information content (AvgIpc) is 2.81. The first-order chi connectivity index (χ1) is 15.1. The number of nitro groups is 1. The van der Waals surface area contributed by atoms with Crippen molar-refractivity contribution in [3.63, 3.8) is 0 Å². The van der Waals surface area contributed by atoms with E-state index in [-0.39, 0.29) is 23.7 Å². The van der Waals surface area contributed by atoms with Crippen molar-refractivity contribution in [2.75, 3.05) is 5.32 Å². The third-order valence-corrected chi connectivity index (χ3v) is 5.46. The van der Waals surface area contributed by atoms with Gasteiger partial charge in [0.15, 0.2) is 0 Å². The molecule has 2 N–H and O–H groups in total. The van der Waals surface area contributed by atoms with Crippen molar-refractivity contribution in [3.05, 3.63) is 99.6 Å². The van der Waals surface area contributed by atoms with E-state index in [9.17, 15) is 14.9 Å². The van der Waals surface area contributed by atoms with Crippen molar-refractivity contribution in [2.45, 2.75) is 18.6 Å². The first-order valence-corrected chi connectivity index (χ1v) is 9.83. The second kappa shape index (κ2) is 7.56. The van der Waals surface area contributed by atoms with Crippen LogP contribution in [-0.4, -0.2) is 22.6 Å². The summed E-state index contributed by atoms with van der Waals surface area (Å²) in [6, 6.07) is 21.0. The second-order valence-electron chi connectivity index (χ2n) is 7.37. The molecule has 1 aliphatic heterocycles. The number of hydrazone groups is 1. The molecule has 1 amide bonds. The number of nitro benzene ring substituents is 1. The van der Waals surface area contributed by atoms with Gasteiger partial charge in [0.1, 0.15) is 11.9 Å². The smallest absolute Gasteiger partial charge is 0.271 e. The molecule has 0 fully saturated rings. The summed E-state index contributed by atoms with van der Waals surface area (Å²) in [5, 5.41) is 18.9. The van der Waals surface area contributed by atoms with Crippen LogP contribution in [0.5, 0.6) is 5.75 Å². The number of amides is 1. The van der Waals surface area contributed by atoms with Crippen molar-refractivity contribution < 1.29 is 14.5 Å². The summed E-state index contributed by atoms with van der Waals surface area (Å²) in [4.78, 5) is 23.1. The van der Waals surface area contributed by atoms with Gasteiger partial charge >= 0.3 is 0 Å². The number of benzene rings is 3. The van der Waals surface area contributed by atoms with Crippen molar-refractivity contribution >= 4 is 23.0 Å². The summed E-state index contributed by atoms with van der Waals surface area (Å²) < 4.78 is 6.17. The van der Waals surface area contributed by atoms with Crippen molar-refractivity contribution in [1.82, 2.24) is 5.43 Å². The van der Waals surface area contributed by atoms with Crippen LogP contribution >= 0.6 is 0 Å². The monoisotopic (exact) mass is 414 g/mol. The van der Waals surface area contributed by atoms with Crippen LogP contribution in [0.2, 0.25) is 0 Å². The molecule has 5 rings (SSSR count). The van der Waals surface area contributed by atoms with Gasteiger partial charge in [0.05, 0.1) is 22.4 Å². The fourth-order valence-corrected chi connectivity index (χ4v) is 3.99. The van der Waals surface area contributed by atoms with E-state index in [4.69, 9.17) is 4.74 Å². The van der Waals surface area contributed by atoms with Crippen molar-refractivity contribution in [2.24, 2.45) is 5.10 Å². The van der Waals surface area contributed by atoms with Gasteiger partial charge in [-0.05, 0) is 23.8 Å². The molecular formula is C23H18N4O4. The molecule has 0 saturated carbocycles. The standard InChI is InChI=1S/C23H18N4O4/c28-23(14-6-2-1-3-7-14)26-25-18-13-21-22(17-9-5-4-8-16(17)18)24-19-12-15(27(29)30)10-11-20(19)31-21/h1-12,21-22,24H,13H2,(H,26,28)/b25-18+. The molecule has 2 aliphatic rings. The Morgan fingerprint density at radius 2 is 1.87 bits per heavy atom. The predicted octanol–water partition coefficient (Wildman–Crippen LogP) is 4.05. The zero-order chi connectivity index (χ0) is 21.4. The lowest BCUT2D eigenvalue weighted by atomic mass is 9.83. The number of ether oxygens (including phenoxy) is 1. The largest absolute Gasteiger partial charge is 0.485 e. The summed E-state index contributed by atoms with van der Waals surface area (Å²) in [5.41, 5.74) is 6.34. The molecule has 0 spiro atoms. The Morgan fingerprint density at radius 3 is 2.68 bits per heavy atom. The topological polar surface area (TPSA) is 106 Å². The molecule has 0 radical (unpaired) electrons. The minimum Gasteiger partial charge on any atom is -0.485 e. The third kappa shape index (κ3) is 3.48. The highest BCUT2D eigenvalue weighted by Gasteiger charge is 2.38. The molecule has 0 aromatic heterocycles. The average molecular weight is 414 g/mol. The van der Waals surface area contributed by atoms with Crippen LogP contribution < -0.4 is 15.5 Å². The Balaban J connectivity index is 1.46. The molecule has 154 valence electrons. The van der Waals surface area contributed by atoms with E-state index >= 15 is 0 Å². The highest BCUT2D eigenvalue weighted by molar-refractivity contribution is 6.05. The van der Waals surface area contributed by atoms with Crippen LogP contribution in [0.3, 0.4) is 0 Å². The van der Waals surface area contributed by atoms with E-state index in [0.717, 1.165) is 11.1 Å². The van der Waals surface area contributed by atoms with E-state index in [1.54, 1.807) is 30.3 Å². The van der Waals surface area contributed by atoms with Gasteiger partial charge in [0.2, 0.25) is 0 Å². The number of rotatable bonds is 3. The van der Waals surface area contributed by atoms with Crippen LogP contribution in [0.25, 0.3) is 0 Å². The Bertz CT molecular complexity index is 1210. The van der Waals surface area contributed by atoms with Gasteiger partial charge in [0.25, 0.3) is 11.6 Å². The number of anilines is 1. The minimum absolute atomic E-state index is 0.00303. The summed E-state index contributed by atoms with van der Waals surface area (Å²) in [6.07, 6.45) is 0.205. The van der Waals surface area contributed by atoms with Crippen LogP contribution in [0.15, 0.2) is 77.9 Å². The molecule has 8 heteroatoms. The van der Waals surface area contributed by atoms with Crippen LogP contribution in [-0.2, 0) is 0 Å². The molecule has 0 saturated heterocycles. The molecule has 0 bridgehead atoms. The normalized spacial score (nSPS) is 19.8. The maximum Gasteiger partial charge on any atom is 0.271 e. The zero-order valence-corrected chi connectivity index (χ0v) is 16.3. The number of fused-ring (bicyclic) bond motifs is 4. The number of non-ortho nitro benzene ring substituents is 1. The fraction of sp³-hybridized carbons (Fsp3) is 0.130. The lowest BCUT2D eigenvalue weighted by Crippen LogP contribution is -2.41. The Labute approximate surface area is 177 Å². The first kappa shape index (κ1) is 18.8. The van der Waals surface area contributed by atoms with E-state index in [0.29, 0.717) is 29.1 Å². The first-order valence-electron chi connectivity index (χ1n) is 9.83. The summed E-state index contributed by atoms with van der Waals surface area (Å²) in [7, 11) is 0. The van der Waals surface area contributed by atoms with Crippen molar-refractivity contribution in [3.8, 4) is 5.75 Å². The maximum atomic E-state index is 12.4. The van der Waals surface area contributed by atoms with E-state index < -0.39 is 4.92 Å². The van der Waals surface area contributed by atoms with Gasteiger partial charge in [-0.15, -0.1) is 0 Å². The summed E-state index contributed by atoms with van der Waals surface area (Å²) >= 11 is 0. The zero-order valence-electron chi connectivity index (χ0n) is 16.3. The molecule has 1 aliphatic carbocycles. The van der Waals surface area contributed by atoms with Gasteiger partial charge in [0, 0.05) is 29.7 Å². The highest BCUT2D eigenvalue weighted by atomic mass is 16.6. The lowest BCUT2D eigenvalue weighted by Gasteiger charge is -2.39. The molecule has 2 atom stereocenters. The van der Waals surface area contributed by atoms with Crippen molar-refractivity contribution in [1.29, 1.82) is 0 Å². The minimum atomic E-state index is -0.428. The van der Waals surface area contributed by atoms with Gasteiger partial charge < -0.3 is 10.1 Å². The molecule has 3 aromatic carbocycles. The van der Waals surface area contributed by atoms with Gasteiger partial charge in [-0.3, -0.25) is 14.9 Å². The number of carbonyl (C=O) groups excluding carboxylic acids is 1. The molecule has 2 unspecified atom stereocenters. The molecule has 1 heterocycles. The summed E-state index contributed by atoms with van der Waals surface area (Å²) in [5.74, 6) is 0.270. The van der Waals surface area contributed by atoms with Crippen LogP contribution in [0.1, 0.15) is 33.9 Å². The predicted molar refractivity (Wildman–Crippen MR) is 115 cm³/mol. The number of hydrogen-bond donors (Lipinski definition) is 2. The number of hydrogen-bond acceptors (Lipinski definition) is 6. The maximum absolute atomic E-state index is 12.4. The number of carbonyl (C=O) groups is 1. The fourth-order valence-electron chi connectivity index (χ4n) is 3.99. The number of nitrogens with one attached hydrogen (secondary N) is 2. The van der Waals surface area contributed by atoms with Crippen LogP contribution in [0, 0.1) is 10.1 Å². The Morgan fingerprint density at radius 1 is 1.10 bits per heavy atom. The molecule has 3 aromatic rings. The SMILES string of the molecule is O=C(N/N=C1\CC2Oc3ccc([N+](=O)[O-])cc3NC2c2ccccc21)c1ccccc1. The highest BCUT2D eigenvalue weighted by Crippen LogP contribution is 2.43. The molecule has 31 heavy (non-hydrogen) atoms. The Hall–Kier alpha value is -4.20. The molecular weight excluding hydrogens is 396 g/mol.